The lowest BCUT2D eigenvalue weighted by atomic mass is 10.1. The largest absolute Gasteiger partial charge is 0.497 e. The fourth-order valence-electron chi connectivity index (χ4n) is 3.06. The van der Waals surface area contributed by atoms with E-state index in [2.05, 4.69) is 21.6 Å². The van der Waals surface area contributed by atoms with Gasteiger partial charge in [0.2, 0.25) is 0 Å². The molecule has 136 valence electrons. The van der Waals surface area contributed by atoms with Gasteiger partial charge in [0.15, 0.2) is 5.11 Å². The highest BCUT2D eigenvalue weighted by molar-refractivity contribution is 7.80. The standard InChI is InChI=1S/C20H23N3O2S/c1-25-16-11-9-15(10-12-16)19(24)22-20(26)21-17-7-3-4-8-18(17)23-13-5-2-6-14-23/h3-4,7-12H,2,5-6,13-14H2,1H3,(H2,21,22,24,26). The summed E-state index contributed by atoms with van der Waals surface area (Å²) in [7, 11) is 1.59. The minimum atomic E-state index is -0.249. The van der Waals surface area contributed by atoms with Crippen LogP contribution in [-0.4, -0.2) is 31.2 Å². The van der Waals surface area contributed by atoms with E-state index in [4.69, 9.17) is 17.0 Å². The van der Waals surface area contributed by atoms with E-state index in [1.165, 1.54) is 19.3 Å². The van der Waals surface area contributed by atoms with Gasteiger partial charge in [0.1, 0.15) is 5.75 Å². The number of rotatable bonds is 4. The molecule has 2 aromatic rings. The lowest BCUT2D eigenvalue weighted by molar-refractivity contribution is 0.0977. The molecule has 2 N–H and O–H groups in total. The van der Waals surface area contributed by atoms with Crippen molar-refractivity contribution >= 4 is 34.6 Å². The Hall–Kier alpha value is -2.60. The van der Waals surface area contributed by atoms with Gasteiger partial charge < -0.3 is 15.0 Å². The van der Waals surface area contributed by atoms with Crippen molar-refractivity contribution in [3.8, 4) is 5.75 Å². The van der Waals surface area contributed by atoms with Crippen LogP contribution < -0.4 is 20.3 Å². The van der Waals surface area contributed by atoms with Gasteiger partial charge in [-0.3, -0.25) is 10.1 Å². The lowest BCUT2D eigenvalue weighted by Gasteiger charge is -2.30. The van der Waals surface area contributed by atoms with E-state index >= 15 is 0 Å². The third-order valence-electron chi connectivity index (χ3n) is 4.43. The van der Waals surface area contributed by atoms with Crippen LogP contribution in [-0.2, 0) is 0 Å². The highest BCUT2D eigenvalue weighted by atomic mass is 32.1. The molecular formula is C20H23N3O2S. The number of ether oxygens (including phenoxy) is 1. The van der Waals surface area contributed by atoms with Crippen molar-refractivity contribution in [3.05, 3.63) is 54.1 Å². The van der Waals surface area contributed by atoms with Crippen molar-refractivity contribution in [2.24, 2.45) is 0 Å². The third kappa shape index (κ3) is 4.52. The Labute approximate surface area is 159 Å². The molecule has 26 heavy (non-hydrogen) atoms. The fraction of sp³-hybridized carbons (Fsp3) is 0.300. The first kappa shape index (κ1) is 18.2. The fourth-order valence-corrected chi connectivity index (χ4v) is 3.26. The molecule has 1 amide bonds. The molecule has 0 aliphatic carbocycles. The summed E-state index contributed by atoms with van der Waals surface area (Å²) in [6, 6.07) is 15.0. The Bertz CT molecular complexity index is 771. The van der Waals surface area contributed by atoms with Crippen molar-refractivity contribution in [1.82, 2.24) is 5.32 Å². The highest BCUT2D eigenvalue weighted by Crippen LogP contribution is 2.28. The van der Waals surface area contributed by atoms with Gasteiger partial charge in [0.25, 0.3) is 5.91 Å². The average molecular weight is 369 g/mol. The molecule has 0 radical (unpaired) electrons. The second kappa shape index (κ2) is 8.67. The molecule has 6 heteroatoms. The molecule has 0 aromatic heterocycles. The number of amides is 1. The minimum absolute atomic E-state index is 0.249. The molecule has 0 unspecified atom stereocenters. The van der Waals surface area contributed by atoms with Crippen molar-refractivity contribution in [1.29, 1.82) is 0 Å². The van der Waals surface area contributed by atoms with Gasteiger partial charge >= 0.3 is 0 Å². The molecule has 1 aliphatic heterocycles. The van der Waals surface area contributed by atoms with Crippen molar-refractivity contribution in [2.45, 2.75) is 19.3 Å². The molecular weight excluding hydrogens is 346 g/mol. The summed E-state index contributed by atoms with van der Waals surface area (Å²) in [5, 5.41) is 6.19. The molecule has 1 saturated heterocycles. The molecule has 2 aromatic carbocycles. The molecule has 0 bridgehead atoms. The third-order valence-corrected chi connectivity index (χ3v) is 4.63. The quantitative estimate of drug-likeness (QED) is 0.803. The van der Waals surface area contributed by atoms with E-state index in [9.17, 15) is 4.79 Å². The Morgan fingerprint density at radius 2 is 1.73 bits per heavy atom. The summed E-state index contributed by atoms with van der Waals surface area (Å²) in [4.78, 5) is 14.7. The van der Waals surface area contributed by atoms with Crippen molar-refractivity contribution in [2.75, 3.05) is 30.4 Å². The van der Waals surface area contributed by atoms with E-state index in [0.717, 1.165) is 24.5 Å². The first-order chi connectivity index (χ1) is 12.7. The number of benzene rings is 2. The second-order valence-corrected chi connectivity index (χ2v) is 6.61. The van der Waals surface area contributed by atoms with Crippen molar-refractivity contribution < 1.29 is 9.53 Å². The van der Waals surface area contributed by atoms with Crippen LogP contribution in [0, 0.1) is 0 Å². The van der Waals surface area contributed by atoms with Crippen LogP contribution in [0.5, 0.6) is 5.75 Å². The highest BCUT2D eigenvalue weighted by Gasteiger charge is 2.15. The van der Waals surface area contributed by atoms with Gasteiger partial charge in [-0.1, -0.05) is 12.1 Å². The zero-order valence-corrected chi connectivity index (χ0v) is 15.6. The average Bonchev–Trinajstić information content (AvgIpc) is 2.69. The molecule has 0 spiro atoms. The van der Waals surface area contributed by atoms with Gasteiger partial charge in [-0.2, -0.15) is 0 Å². The molecule has 5 nitrogen and oxygen atoms in total. The maximum atomic E-state index is 12.3. The number of thiocarbonyl (C=S) groups is 1. The topological polar surface area (TPSA) is 53.6 Å². The molecule has 3 rings (SSSR count). The zero-order chi connectivity index (χ0) is 18.4. The van der Waals surface area contributed by atoms with Crippen LogP contribution in [0.4, 0.5) is 11.4 Å². The second-order valence-electron chi connectivity index (χ2n) is 6.20. The molecule has 0 atom stereocenters. The number of para-hydroxylation sites is 2. The maximum Gasteiger partial charge on any atom is 0.257 e. The molecule has 0 saturated carbocycles. The predicted octanol–water partition coefficient (Wildman–Crippen LogP) is 3.81. The van der Waals surface area contributed by atoms with Crippen LogP contribution in [0.1, 0.15) is 29.6 Å². The Morgan fingerprint density at radius 3 is 2.42 bits per heavy atom. The summed E-state index contributed by atoms with van der Waals surface area (Å²) in [6.45, 7) is 2.09. The monoisotopic (exact) mass is 369 g/mol. The zero-order valence-electron chi connectivity index (χ0n) is 14.8. The Balaban J connectivity index is 1.65. The van der Waals surface area contributed by atoms with E-state index in [-0.39, 0.29) is 11.0 Å². The summed E-state index contributed by atoms with van der Waals surface area (Å²) in [5.74, 6) is 0.457. The number of nitrogens with zero attached hydrogens (tertiary/aromatic N) is 1. The first-order valence-electron chi connectivity index (χ1n) is 8.78. The van der Waals surface area contributed by atoms with E-state index in [1.54, 1.807) is 31.4 Å². The number of anilines is 2. The Morgan fingerprint density at radius 1 is 1.04 bits per heavy atom. The van der Waals surface area contributed by atoms with E-state index in [1.807, 2.05) is 18.2 Å². The van der Waals surface area contributed by atoms with Gasteiger partial charge in [0.05, 0.1) is 18.5 Å². The van der Waals surface area contributed by atoms with Crippen LogP contribution >= 0.6 is 12.2 Å². The summed E-state index contributed by atoms with van der Waals surface area (Å²) >= 11 is 5.34. The molecule has 1 aliphatic rings. The van der Waals surface area contributed by atoms with Gasteiger partial charge in [-0.25, -0.2) is 0 Å². The van der Waals surface area contributed by atoms with E-state index in [0.29, 0.717) is 11.3 Å². The molecule has 1 heterocycles. The number of nitrogens with one attached hydrogen (secondary N) is 2. The van der Waals surface area contributed by atoms with Gasteiger partial charge in [0, 0.05) is 18.7 Å². The normalized spacial score (nSPS) is 13.8. The maximum absolute atomic E-state index is 12.3. The van der Waals surface area contributed by atoms with Crippen LogP contribution in [0.15, 0.2) is 48.5 Å². The number of methoxy groups -OCH3 is 1. The van der Waals surface area contributed by atoms with Crippen molar-refractivity contribution in [3.63, 3.8) is 0 Å². The van der Waals surface area contributed by atoms with Crippen LogP contribution in [0.2, 0.25) is 0 Å². The molecule has 1 fully saturated rings. The number of carbonyl (C=O) groups excluding carboxylic acids is 1. The number of piperidine rings is 1. The smallest absolute Gasteiger partial charge is 0.257 e. The number of hydrogen-bond acceptors (Lipinski definition) is 4. The number of hydrogen-bond donors (Lipinski definition) is 2. The van der Waals surface area contributed by atoms with Crippen LogP contribution in [0.3, 0.4) is 0 Å². The summed E-state index contributed by atoms with van der Waals surface area (Å²) in [5.41, 5.74) is 2.56. The summed E-state index contributed by atoms with van der Waals surface area (Å²) in [6.07, 6.45) is 3.68. The summed E-state index contributed by atoms with van der Waals surface area (Å²) < 4.78 is 5.11. The first-order valence-corrected chi connectivity index (χ1v) is 9.18. The van der Waals surface area contributed by atoms with E-state index < -0.39 is 0 Å². The number of carbonyl (C=O) groups is 1. The van der Waals surface area contributed by atoms with Gasteiger partial charge in [-0.15, -0.1) is 0 Å². The SMILES string of the molecule is COc1ccc(C(=O)NC(=S)Nc2ccccc2N2CCCCC2)cc1. The van der Waals surface area contributed by atoms with Gasteiger partial charge in [-0.05, 0) is 67.9 Å². The van der Waals surface area contributed by atoms with Crippen LogP contribution in [0.25, 0.3) is 0 Å². The minimum Gasteiger partial charge on any atom is -0.497 e. The Kier molecular flexibility index (Phi) is 6.07. The predicted molar refractivity (Wildman–Crippen MR) is 109 cm³/mol. The lowest BCUT2D eigenvalue weighted by Crippen LogP contribution is -2.35.